The highest BCUT2D eigenvalue weighted by molar-refractivity contribution is 5.81. The molecule has 0 unspecified atom stereocenters. The molecule has 0 saturated carbocycles. The van der Waals surface area contributed by atoms with Crippen LogP contribution in [0.4, 0.5) is 0 Å². The number of aromatic nitrogens is 1. The van der Waals surface area contributed by atoms with Crippen molar-refractivity contribution >= 4 is 5.91 Å². The van der Waals surface area contributed by atoms with Crippen LogP contribution in [0.15, 0.2) is 48.8 Å². The van der Waals surface area contributed by atoms with Gasteiger partial charge in [-0.05, 0) is 30.5 Å². The van der Waals surface area contributed by atoms with Gasteiger partial charge in [0.1, 0.15) is 11.9 Å². The lowest BCUT2D eigenvalue weighted by atomic mass is 10.1. The van der Waals surface area contributed by atoms with Crippen LogP contribution >= 0.6 is 0 Å². The van der Waals surface area contributed by atoms with E-state index in [0.717, 1.165) is 29.7 Å². The summed E-state index contributed by atoms with van der Waals surface area (Å²) >= 11 is 0. The third-order valence-corrected chi connectivity index (χ3v) is 4.17. The summed E-state index contributed by atoms with van der Waals surface area (Å²) in [5.41, 5.74) is 1.98. The minimum atomic E-state index is -0.337. The monoisotopic (exact) mass is 326 g/mol. The van der Waals surface area contributed by atoms with Crippen LogP contribution in [0.25, 0.3) is 0 Å². The highest BCUT2D eigenvalue weighted by Crippen LogP contribution is 2.23. The van der Waals surface area contributed by atoms with Gasteiger partial charge in [-0.25, -0.2) is 0 Å². The van der Waals surface area contributed by atoms with Crippen molar-refractivity contribution in [2.75, 3.05) is 13.7 Å². The van der Waals surface area contributed by atoms with Crippen molar-refractivity contribution in [1.29, 1.82) is 0 Å². The number of para-hydroxylation sites is 1. The van der Waals surface area contributed by atoms with Gasteiger partial charge in [-0.2, -0.15) is 0 Å². The van der Waals surface area contributed by atoms with Gasteiger partial charge in [0, 0.05) is 37.7 Å². The van der Waals surface area contributed by atoms with Crippen LogP contribution in [-0.2, 0) is 22.6 Å². The van der Waals surface area contributed by atoms with Gasteiger partial charge in [-0.3, -0.25) is 9.78 Å². The number of nitrogens with zero attached hydrogens (tertiary/aromatic N) is 2. The molecule has 0 N–H and O–H groups in total. The lowest BCUT2D eigenvalue weighted by Crippen LogP contribution is -2.38. The molecule has 126 valence electrons. The predicted molar refractivity (Wildman–Crippen MR) is 90.5 cm³/mol. The second-order valence-corrected chi connectivity index (χ2v) is 5.87. The third-order valence-electron chi connectivity index (χ3n) is 4.17. The molecule has 1 fully saturated rings. The van der Waals surface area contributed by atoms with Gasteiger partial charge in [0.25, 0.3) is 5.91 Å². The molecule has 1 amide bonds. The number of methoxy groups -OCH3 is 1. The number of ether oxygens (including phenoxy) is 2. The van der Waals surface area contributed by atoms with Crippen LogP contribution < -0.4 is 4.74 Å². The largest absolute Gasteiger partial charge is 0.496 e. The van der Waals surface area contributed by atoms with Gasteiger partial charge in [-0.15, -0.1) is 0 Å². The molecule has 1 aromatic carbocycles. The van der Waals surface area contributed by atoms with Crippen molar-refractivity contribution in [2.24, 2.45) is 0 Å². The second kappa shape index (κ2) is 7.93. The van der Waals surface area contributed by atoms with Gasteiger partial charge in [0.2, 0.25) is 0 Å². The Kier molecular flexibility index (Phi) is 5.43. The number of benzene rings is 1. The van der Waals surface area contributed by atoms with Crippen molar-refractivity contribution in [3.63, 3.8) is 0 Å². The first-order valence-electron chi connectivity index (χ1n) is 8.19. The minimum absolute atomic E-state index is 0.0299. The van der Waals surface area contributed by atoms with Gasteiger partial charge < -0.3 is 14.4 Å². The van der Waals surface area contributed by atoms with Gasteiger partial charge >= 0.3 is 0 Å². The minimum Gasteiger partial charge on any atom is -0.496 e. The molecule has 0 aliphatic carbocycles. The summed E-state index contributed by atoms with van der Waals surface area (Å²) in [5.74, 6) is 0.816. The molecule has 24 heavy (non-hydrogen) atoms. The van der Waals surface area contributed by atoms with E-state index in [1.807, 2.05) is 41.3 Å². The Morgan fingerprint density at radius 1 is 1.29 bits per heavy atom. The number of rotatable bonds is 6. The summed E-state index contributed by atoms with van der Waals surface area (Å²) in [5, 5.41) is 0. The molecule has 3 rings (SSSR count). The van der Waals surface area contributed by atoms with E-state index in [0.29, 0.717) is 19.7 Å². The number of hydrogen-bond acceptors (Lipinski definition) is 4. The normalized spacial score (nSPS) is 16.8. The second-order valence-electron chi connectivity index (χ2n) is 5.87. The highest BCUT2D eigenvalue weighted by Gasteiger charge is 2.28. The maximum absolute atomic E-state index is 12.9. The van der Waals surface area contributed by atoms with Crippen LogP contribution in [0.3, 0.4) is 0 Å². The number of amides is 1. The fourth-order valence-corrected chi connectivity index (χ4v) is 2.94. The first kappa shape index (κ1) is 16.5. The Morgan fingerprint density at radius 2 is 2.17 bits per heavy atom. The third kappa shape index (κ3) is 3.92. The smallest absolute Gasteiger partial charge is 0.252 e. The van der Waals surface area contributed by atoms with Crippen molar-refractivity contribution in [3.8, 4) is 5.75 Å². The molecule has 1 atom stereocenters. The Hall–Kier alpha value is -2.40. The molecule has 0 bridgehead atoms. The molecule has 5 nitrogen and oxygen atoms in total. The predicted octanol–water partition coefficient (Wildman–Crippen LogP) is 2.80. The summed E-state index contributed by atoms with van der Waals surface area (Å²) in [6, 6.07) is 11.6. The first-order chi connectivity index (χ1) is 11.8. The van der Waals surface area contributed by atoms with Gasteiger partial charge in [0.15, 0.2) is 0 Å². The van der Waals surface area contributed by atoms with Crippen molar-refractivity contribution in [3.05, 3.63) is 59.9 Å². The van der Waals surface area contributed by atoms with E-state index >= 15 is 0 Å². The zero-order chi connectivity index (χ0) is 16.8. The fraction of sp³-hybridized carbons (Fsp3) is 0.368. The maximum Gasteiger partial charge on any atom is 0.252 e. The van der Waals surface area contributed by atoms with E-state index in [1.165, 1.54) is 0 Å². The van der Waals surface area contributed by atoms with E-state index in [-0.39, 0.29) is 12.0 Å². The molecular weight excluding hydrogens is 304 g/mol. The van der Waals surface area contributed by atoms with Gasteiger partial charge in [-0.1, -0.05) is 24.3 Å². The summed E-state index contributed by atoms with van der Waals surface area (Å²) in [4.78, 5) is 18.9. The highest BCUT2D eigenvalue weighted by atomic mass is 16.5. The summed E-state index contributed by atoms with van der Waals surface area (Å²) in [7, 11) is 1.65. The molecule has 2 aromatic rings. The SMILES string of the molecule is COc1ccccc1CN(Cc1cccnc1)C(=O)[C@H]1CCCO1. The van der Waals surface area contributed by atoms with Crippen LogP contribution in [0, 0.1) is 0 Å². The fourth-order valence-electron chi connectivity index (χ4n) is 2.94. The van der Waals surface area contributed by atoms with E-state index in [4.69, 9.17) is 9.47 Å². The van der Waals surface area contributed by atoms with E-state index in [1.54, 1.807) is 19.5 Å². The van der Waals surface area contributed by atoms with E-state index in [2.05, 4.69) is 4.98 Å². The number of hydrogen-bond donors (Lipinski definition) is 0. The zero-order valence-corrected chi connectivity index (χ0v) is 13.9. The molecule has 0 radical (unpaired) electrons. The summed E-state index contributed by atoms with van der Waals surface area (Å²) in [6.07, 6.45) is 4.91. The number of pyridine rings is 1. The van der Waals surface area contributed by atoms with Crippen LogP contribution in [0.1, 0.15) is 24.0 Å². The number of carbonyl (C=O) groups is 1. The Morgan fingerprint density at radius 3 is 2.88 bits per heavy atom. The summed E-state index contributed by atoms with van der Waals surface area (Å²) in [6.45, 7) is 1.65. The van der Waals surface area contributed by atoms with Crippen molar-refractivity contribution < 1.29 is 14.3 Å². The van der Waals surface area contributed by atoms with Crippen molar-refractivity contribution in [1.82, 2.24) is 9.88 Å². The van der Waals surface area contributed by atoms with Gasteiger partial charge in [0.05, 0.1) is 7.11 Å². The standard InChI is InChI=1S/C19H22N2O3/c1-23-17-8-3-2-7-16(17)14-21(13-15-6-4-10-20-12-15)19(22)18-9-5-11-24-18/h2-4,6-8,10,12,18H,5,9,11,13-14H2,1H3/t18-/m1/s1. The van der Waals surface area contributed by atoms with Crippen molar-refractivity contribution in [2.45, 2.75) is 32.0 Å². The lowest BCUT2D eigenvalue weighted by Gasteiger charge is -2.26. The molecule has 0 spiro atoms. The molecule has 1 saturated heterocycles. The molecule has 5 heteroatoms. The van der Waals surface area contributed by atoms with Crippen LogP contribution in [0.2, 0.25) is 0 Å². The molecule has 2 heterocycles. The van der Waals surface area contributed by atoms with E-state index < -0.39 is 0 Å². The lowest BCUT2D eigenvalue weighted by molar-refractivity contribution is -0.142. The zero-order valence-electron chi connectivity index (χ0n) is 13.9. The Bertz CT molecular complexity index is 669. The topological polar surface area (TPSA) is 51.7 Å². The Balaban J connectivity index is 1.82. The first-order valence-corrected chi connectivity index (χ1v) is 8.19. The number of carbonyl (C=O) groups excluding carboxylic acids is 1. The average Bonchev–Trinajstić information content (AvgIpc) is 3.16. The summed E-state index contributed by atoms with van der Waals surface area (Å²) < 4.78 is 11.0. The average molecular weight is 326 g/mol. The van der Waals surface area contributed by atoms with Crippen LogP contribution in [0.5, 0.6) is 5.75 Å². The maximum atomic E-state index is 12.9. The Labute approximate surface area is 142 Å². The molecular formula is C19H22N2O3. The molecule has 1 aliphatic heterocycles. The molecule has 1 aliphatic rings. The molecule has 1 aromatic heterocycles. The van der Waals surface area contributed by atoms with E-state index in [9.17, 15) is 4.79 Å². The quantitative estimate of drug-likeness (QED) is 0.819. The van der Waals surface area contributed by atoms with Crippen LogP contribution in [-0.4, -0.2) is 35.6 Å².